The van der Waals surface area contributed by atoms with Crippen molar-refractivity contribution in [2.45, 2.75) is 19.4 Å². The van der Waals surface area contributed by atoms with E-state index in [0.29, 0.717) is 35.1 Å². The third-order valence-corrected chi connectivity index (χ3v) is 4.96. The van der Waals surface area contributed by atoms with E-state index in [1.54, 1.807) is 18.0 Å². The Morgan fingerprint density at radius 1 is 1.54 bits per heavy atom. The van der Waals surface area contributed by atoms with Crippen LogP contribution in [0.3, 0.4) is 0 Å². The number of aliphatic imine (C=N–C) groups is 1. The number of aliphatic carboxylic acids is 1. The molecule has 3 rings (SSSR count). The average molecular weight is 376 g/mol. The summed E-state index contributed by atoms with van der Waals surface area (Å²) in [6.07, 6.45) is 2.09. The molecule has 0 amide bonds. The van der Waals surface area contributed by atoms with Crippen LogP contribution in [0.5, 0.6) is 0 Å². The molecule has 2 N–H and O–H groups in total. The number of thiazole rings is 1. The number of hydrogen-bond acceptors (Lipinski definition) is 8. The second-order valence-corrected chi connectivity index (χ2v) is 6.91. The van der Waals surface area contributed by atoms with E-state index in [1.807, 2.05) is 5.38 Å². The van der Waals surface area contributed by atoms with Crippen molar-refractivity contribution in [2.24, 2.45) is 4.99 Å². The molecule has 2 aliphatic heterocycles. The van der Waals surface area contributed by atoms with Crippen molar-refractivity contribution in [3.8, 4) is 0 Å². The number of rotatable bonds is 6. The lowest BCUT2D eigenvalue weighted by Crippen LogP contribution is -2.42. The zero-order valence-electron chi connectivity index (χ0n) is 14.4. The Hall–Kier alpha value is -2.52. The number of ether oxygens (including phenoxy) is 1. The number of carbonyl (C=O) groups excluding carboxylic acids is 1. The highest BCUT2D eigenvalue weighted by Crippen LogP contribution is 2.24. The lowest BCUT2D eigenvalue weighted by atomic mass is 10.1. The molecule has 0 spiro atoms. The van der Waals surface area contributed by atoms with Gasteiger partial charge in [0.2, 0.25) is 0 Å². The minimum absolute atomic E-state index is 0.169. The van der Waals surface area contributed by atoms with Crippen molar-refractivity contribution in [2.75, 3.05) is 26.2 Å². The van der Waals surface area contributed by atoms with Gasteiger partial charge in [-0.2, -0.15) is 0 Å². The highest BCUT2D eigenvalue weighted by Gasteiger charge is 2.35. The lowest BCUT2D eigenvalue weighted by Gasteiger charge is -2.26. The lowest BCUT2D eigenvalue weighted by molar-refractivity contribution is -0.142. The summed E-state index contributed by atoms with van der Waals surface area (Å²) >= 11 is 1.43. The summed E-state index contributed by atoms with van der Waals surface area (Å²) in [6, 6.07) is -0.651. The first kappa shape index (κ1) is 18.3. The molecule has 1 aromatic heterocycles. The van der Waals surface area contributed by atoms with Gasteiger partial charge in [0.25, 0.3) is 0 Å². The summed E-state index contributed by atoms with van der Waals surface area (Å²) in [5, 5.41) is 15.2. The molecule has 0 aromatic carbocycles. The van der Waals surface area contributed by atoms with Gasteiger partial charge in [-0.3, -0.25) is 14.7 Å². The third-order valence-electron chi connectivity index (χ3n) is 4.18. The Balaban J connectivity index is 1.85. The summed E-state index contributed by atoms with van der Waals surface area (Å²) in [5.41, 5.74) is 1.87. The van der Waals surface area contributed by atoms with Crippen LogP contribution >= 0.6 is 11.3 Å². The van der Waals surface area contributed by atoms with E-state index in [2.05, 4.69) is 21.9 Å². The summed E-state index contributed by atoms with van der Waals surface area (Å²) in [6.45, 7) is 6.82. The van der Waals surface area contributed by atoms with Crippen molar-refractivity contribution >= 4 is 29.1 Å². The number of carboxylic acid groups (broad SMARTS) is 1. The number of carboxylic acids is 1. The number of nitrogens with one attached hydrogen (secondary N) is 1. The zero-order chi connectivity index (χ0) is 18.7. The molecule has 0 bridgehead atoms. The van der Waals surface area contributed by atoms with E-state index in [0.717, 1.165) is 5.57 Å². The highest BCUT2D eigenvalue weighted by molar-refractivity contribution is 7.11. The fourth-order valence-corrected chi connectivity index (χ4v) is 3.59. The molecule has 9 heteroatoms. The molecule has 3 heterocycles. The van der Waals surface area contributed by atoms with Crippen LogP contribution in [-0.4, -0.2) is 65.0 Å². The van der Waals surface area contributed by atoms with Gasteiger partial charge in [0.1, 0.15) is 6.04 Å². The normalized spacial score (nSPS) is 20.7. The van der Waals surface area contributed by atoms with Crippen molar-refractivity contribution in [3.63, 3.8) is 0 Å². The van der Waals surface area contributed by atoms with Gasteiger partial charge >= 0.3 is 11.9 Å². The van der Waals surface area contributed by atoms with Gasteiger partial charge in [-0.15, -0.1) is 11.3 Å². The molecule has 0 saturated carbocycles. The molecular weight excluding hydrogens is 356 g/mol. The monoisotopic (exact) mass is 376 g/mol. The van der Waals surface area contributed by atoms with Crippen molar-refractivity contribution in [1.82, 2.24) is 15.2 Å². The Kier molecular flexibility index (Phi) is 5.48. The topological polar surface area (TPSA) is 104 Å². The van der Waals surface area contributed by atoms with Gasteiger partial charge in [0, 0.05) is 30.4 Å². The maximum Gasteiger partial charge on any atom is 0.337 e. The maximum atomic E-state index is 12.3. The molecule has 1 aromatic rings. The molecule has 1 unspecified atom stereocenters. The predicted octanol–water partition coefficient (Wildman–Crippen LogP) is 1.03. The van der Waals surface area contributed by atoms with Crippen LogP contribution in [0, 0.1) is 0 Å². The molecule has 2 aliphatic rings. The van der Waals surface area contributed by atoms with Crippen LogP contribution in [0.1, 0.15) is 18.4 Å². The minimum atomic E-state index is -0.897. The van der Waals surface area contributed by atoms with Gasteiger partial charge in [-0.1, -0.05) is 12.2 Å². The third kappa shape index (κ3) is 3.83. The van der Waals surface area contributed by atoms with Gasteiger partial charge in [-0.05, 0) is 13.3 Å². The number of nitrogens with zero attached hydrogens (tertiary/aromatic N) is 3. The van der Waals surface area contributed by atoms with Gasteiger partial charge in [0.05, 0.1) is 18.7 Å². The van der Waals surface area contributed by atoms with E-state index in [-0.39, 0.29) is 19.7 Å². The van der Waals surface area contributed by atoms with Crippen molar-refractivity contribution in [1.29, 1.82) is 0 Å². The Bertz CT molecular complexity index is 785. The largest absolute Gasteiger partial charge is 0.480 e. The van der Waals surface area contributed by atoms with Gasteiger partial charge < -0.3 is 15.2 Å². The second-order valence-electron chi connectivity index (χ2n) is 6.02. The van der Waals surface area contributed by atoms with Crippen LogP contribution < -0.4 is 5.32 Å². The first-order valence-electron chi connectivity index (χ1n) is 8.23. The van der Waals surface area contributed by atoms with E-state index in [1.165, 1.54) is 11.3 Å². The van der Waals surface area contributed by atoms with E-state index in [9.17, 15) is 14.7 Å². The smallest absolute Gasteiger partial charge is 0.337 e. The molecule has 8 nitrogen and oxygen atoms in total. The maximum absolute atomic E-state index is 12.3. The summed E-state index contributed by atoms with van der Waals surface area (Å²) in [5.74, 6) is -0.763. The second kappa shape index (κ2) is 7.79. The molecule has 1 atom stereocenters. The summed E-state index contributed by atoms with van der Waals surface area (Å²) < 4.78 is 5.13. The van der Waals surface area contributed by atoms with Crippen LogP contribution in [0.15, 0.2) is 40.0 Å². The Morgan fingerprint density at radius 2 is 2.35 bits per heavy atom. The van der Waals surface area contributed by atoms with Crippen LogP contribution in [0.4, 0.5) is 0 Å². The van der Waals surface area contributed by atoms with Crippen molar-refractivity contribution in [3.05, 3.63) is 40.0 Å². The van der Waals surface area contributed by atoms with E-state index < -0.39 is 18.0 Å². The van der Waals surface area contributed by atoms with E-state index >= 15 is 0 Å². The van der Waals surface area contributed by atoms with Gasteiger partial charge in [-0.25, -0.2) is 9.78 Å². The van der Waals surface area contributed by atoms with Gasteiger partial charge in [0.15, 0.2) is 10.8 Å². The molecule has 0 aliphatic carbocycles. The fraction of sp³-hybridized carbons (Fsp3) is 0.412. The number of likely N-dealkylation sites (tertiary alicyclic amines) is 1. The first-order chi connectivity index (χ1) is 12.5. The average Bonchev–Trinajstić information content (AvgIpc) is 3.25. The Morgan fingerprint density at radius 3 is 3.00 bits per heavy atom. The Labute approximate surface area is 154 Å². The standard InChI is InChI=1S/C17H20N4O4S/c1-3-25-17(24)11-7-19-14(15-18-4-5-26-15)20-12(11)9-21-8-10(2)6-13(21)16(22)23/h4-5,13H,2-3,6-9H2,1H3,(H,19,20)(H,22,23). The summed E-state index contributed by atoms with van der Waals surface area (Å²) in [4.78, 5) is 34.2. The number of aromatic nitrogens is 1. The zero-order valence-corrected chi connectivity index (χ0v) is 15.2. The number of carbonyl (C=O) groups is 2. The number of esters is 1. The van der Waals surface area contributed by atoms with Crippen LogP contribution in [0.25, 0.3) is 0 Å². The van der Waals surface area contributed by atoms with Crippen molar-refractivity contribution < 1.29 is 19.4 Å². The van der Waals surface area contributed by atoms with E-state index in [4.69, 9.17) is 4.74 Å². The quantitative estimate of drug-likeness (QED) is 0.564. The first-order valence-corrected chi connectivity index (χ1v) is 9.11. The highest BCUT2D eigenvalue weighted by atomic mass is 32.1. The fourth-order valence-electron chi connectivity index (χ4n) is 2.99. The van der Waals surface area contributed by atoms with Crippen LogP contribution in [-0.2, 0) is 14.3 Å². The SMILES string of the molecule is C=C1CC(C(=O)O)N(CC2=C(C(=O)OCC)CN=C(c3nccs3)N2)C1. The molecule has 138 valence electrons. The molecule has 1 fully saturated rings. The molecule has 26 heavy (non-hydrogen) atoms. The van der Waals surface area contributed by atoms with Crippen LogP contribution in [0.2, 0.25) is 0 Å². The predicted molar refractivity (Wildman–Crippen MR) is 97.1 cm³/mol. The molecular formula is C17H20N4O4S. The number of amidine groups is 1. The summed E-state index contributed by atoms with van der Waals surface area (Å²) in [7, 11) is 0. The number of hydrogen-bond donors (Lipinski definition) is 2. The minimum Gasteiger partial charge on any atom is -0.480 e. The molecule has 1 saturated heterocycles. The molecule has 0 radical (unpaired) electrons.